The molecule has 0 bridgehead atoms. The van der Waals surface area contributed by atoms with E-state index in [1.165, 1.54) is 77.0 Å². The minimum atomic E-state index is -0.217. The fraction of sp³-hybridized carbons (Fsp3) is 1.00. The molecule has 0 aromatic rings. The molecule has 0 rings (SSSR count). The van der Waals surface area contributed by atoms with E-state index in [1.54, 1.807) is 0 Å². The van der Waals surface area contributed by atoms with Crippen LogP contribution in [0.1, 0.15) is 110 Å². The van der Waals surface area contributed by atoms with E-state index in [0.29, 0.717) is 6.54 Å². The predicted octanol–water partition coefficient (Wildman–Crippen LogP) is 4.37. The molecule has 0 saturated heterocycles. The Kier molecular flexibility index (Phi) is 24.9. The smallest absolute Gasteiger partial charge is 0.0664 e. The van der Waals surface area contributed by atoms with E-state index in [0.717, 1.165) is 52.0 Å². The average molecular weight is 430 g/mol. The summed E-state index contributed by atoms with van der Waals surface area (Å²) >= 11 is 0. The third-order valence-corrected chi connectivity index (χ3v) is 5.81. The van der Waals surface area contributed by atoms with Gasteiger partial charge in [0.25, 0.3) is 0 Å². The number of hydrogen-bond acceptors (Lipinski definition) is 5. The van der Waals surface area contributed by atoms with Gasteiger partial charge in [-0.05, 0) is 38.8 Å². The molecular formula is C25H55N3O2. The van der Waals surface area contributed by atoms with Gasteiger partial charge in [0.05, 0.1) is 12.2 Å². The Balaban J connectivity index is 3.15. The number of rotatable bonds is 25. The second-order valence-electron chi connectivity index (χ2n) is 8.91. The molecule has 2 atom stereocenters. The highest BCUT2D eigenvalue weighted by Crippen LogP contribution is 2.11. The summed E-state index contributed by atoms with van der Waals surface area (Å²) in [6.07, 6.45) is 18.4. The Bertz CT molecular complexity index is 319. The summed E-state index contributed by atoms with van der Waals surface area (Å²) in [6, 6.07) is 0. The Morgan fingerprint density at radius 3 is 1.60 bits per heavy atom. The molecule has 0 aliphatic heterocycles. The van der Waals surface area contributed by atoms with Crippen LogP contribution in [-0.4, -0.2) is 61.7 Å². The summed E-state index contributed by atoms with van der Waals surface area (Å²) in [5.74, 6) is 0. The number of hydrogen-bond donors (Lipinski definition) is 5. The van der Waals surface area contributed by atoms with Crippen LogP contribution in [0.5, 0.6) is 0 Å². The lowest BCUT2D eigenvalue weighted by Gasteiger charge is -2.12. The molecular weight excluding hydrogens is 374 g/mol. The highest BCUT2D eigenvalue weighted by Gasteiger charge is 2.03. The molecule has 0 spiro atoms. The van der Waals surface area contributed by atoms with Crippen LogP contribution in [0.3, 0.4) is 0 Å². The van der Waals surface area contributed by atoms with Crippen LogP contribution in [0, 0.1) is 0 Å². The summed E-state index contributed by atoms with van der Waals surface area (Å²) in [5, 5.41) is 29.6. The lowest BCUT2D eigenvalue weighted by Crippen LogP contribution is -2.33. The fourth-order valence-electron chi connectivity index (χ4n) is 3.63. The van der Waals surface area contributed by atoms with Gasteiger partial charge in [-0.15, -0.1) is 0 Å². The van der Waals surface area contributed by atoms with Crippen LogP contribution in [0.4, 0.5) is 0 Å². The molecule has 0 aliphatic carbocycles. The molecule has 0 radical (unpaired) electrons. The zero-order valence-corrected chi connectivity index (χ0v) is 20.4. The van der Waals surface area contributed by atoms with Gasteiger partial charge >= 0.3 is 0 Å². The van der Waals surface area contributed by atoms with Crippen molar-refractivity contribution in [2.45, 2.75) is 122 Å². The standard InChI is InChI=1S/C25H55N3O2/c1-3-5-6-7-8-9-10-11-12-14-17-25(30)23-27-19-16-13-15-18-26-20-21-28-22-24(29)4-2/h24-30H,3-23H2,1-2H3. The third kappa shape index (κ3) is 24.1. The molecule has 0 aromatic carbocycles. The predicted molar refractivity (Wildman–Crippen MR) is 131 cm³/mol. The Hall–Kier alpha value is -0.200. The maximum atomic E-state index is 10.1. The van der Waals surface area contributed by atoms with Crippen molar-refractivity contribution in [3.8, 4) is 0 Å². The SMILES string of the molecule is CCCCCCCCCCCCC(O)CNCCCCCNCCNCC(O)CC. The zero-order chi connectivity index (χ0) is 22.1. The van der Waals surface area contributed by atoms with E-state index in [1.807, 2.05) is 6.92 Å². The molecule has 0 amide bonds. The number of unbranched alkanes of at least 4 members (excludes halogenated alkanes) is 11. The van der Waals surface area contributed by atoms with E-state index in [9.17, 15) is 10.2 Å². The van der Waals surface area contributed by atoms with E-state index < -0.39 is 0 Å². The molecule has 5 nitrogen and oxygen atoms in total. The zero-order valence-electron chi connectivity index (χ0n) is 20.4. The quantitative estimate of drug-likeness (QED) is 0.139. The first-order valence-corrected chi connectivity index (χ1v) is 13.2. The topological polar surface area (TPSA) is 76.5 Å². The fourth-order valence-corrected chi connectivity index (χ4v) is 3.63. The van der Waals surface area contributed by atoms with Gasteiger partial charge in [-0.25, -0.2) is 0 Å². The van der Waals surface area contributed by atoms with Crippen LogP contribution in [0.25, 0.3) is 0 Å². The minimum Gasteiger partial charge on any atom is -0.392 e. The summed E-state index contributed by atoms with van der Waals surface area (Å²) in [5.41, 5.74) is 0. The molecule has 0 aliphatic rings. The lowest BCUT2D eigenvalue weighted by atomic mass is 10.0. The van der Waals surface area contributed by atoms with E-state index in [-0.39, 0.29) is 12.2 Å². The maximum absolute atomic E-state index is 10.1. The second kappa shape index (κ2) is 25.1. The summed E-state index contributed by atoms with van der Waals surface area (Å²) < 4.78 is 0. The highest BCUT2D eigenvalue weighted by atomic mass is 16.3. The van der Waals surface area contributed by atoms with Crippen LogP contribution >= 0.6 is 0 Å². The van der Waals surface area contributed by atoms with Crippen LogP contribution in [-0.2, 0) is 0 Å². The van der Waals surface area contributed by atoms with E-state index >= 15 is 0 Å². The molecule has 5 heteroatoms. The highest BCUT2D eigenvalue weighted by molar-refractivity contribution is 4.61. The minimum absolute atomic E-state index is 0.181. The van der Waals surface area contributed by atoms with Crippen molar-refractivity contribution in [1.29, 1.82) is 0 Å². The van der Waals surface area contributed by atoms with Gasteiger partial charge in [0.1, 0.15) is 0 Å². The van der Waals surface area contributed by atoms with Gasteiger partial charge in [0.15, 0.2) is 0 Å². The summed E-state index contributed by atoms with van der Waals surface area (Å²) in [7, 11) is 0. The van der Waals surface area contributed by atoms with Gasteiger partial charge in [0.2, 0.25) is 0 Å². The van der Waals surface area contributed by atoms with Crippen molar-refractivity contribution in [1.82, 2.24) is 16.0 Å². The largest absolute Gasteiger partial charge is 0.392 e. The van der Waals surface area contributed by atoms with Crippen molar-refractivity contribution in [2.24, 2.45) is 0 Å². The monoisotopic (exact) mass is 429 g/mol. The molecule has 0 saturated carbocycles. The molecule has 182 valence electrons. The van der Waals surface area contributed by atoms with Crippen LogP contribution in [0.2, 0.25) is 0 Å². The normalized spacial score (nSPS) is 13.6. The van der Waals surface area contributed by atoms with Crippen molar-refractivity contribution >= 4 is 0 Å². The Morgan fingerprint density at radius 1 is 0.500 bits per heavy atom. The van der Waals surface area contributed by atoms with Crippen molar-refractivity contribution in [3.63, 3.8) is 0 Å². The van der Waals surface area contributed by atoms with Gasteiger partial charge in [0, 0.05) is 26.2 Å². The van der Waals surface area contributed by atoms with Gasteiger partial charge in [-0.2, -0.15) is 0 Å². The first-order chi connectivity index (χ1) is 14.7. The molecule has 0 fully saturated rings. The number of nitrogens with one attached hydrogen (secondary N) is 3. The van der Waals surface area contributed by atoms with Gasteiger partial charge < -0.3 is 26.2 Å². The lowest BCUT2D eigenvalue weighted by molar-refractivity contribution is 0.158. The molecule has 2 unspecified atom stereocenters. The first-order valence-electron chi connectivity index (χ1n) is 13.2. The van der Waals surface area contributed by atoms with E-state index in [4.69, 9.17) is 0 Å². The van der Waals surface area contributed by atoms with Gasteiger partial charge in [-0.1, -0.05) is 84.5 Å². The Labute approximate surface area is 188 Å². The molecule has 5 N–H and O–H groups in total. The van der Waals surface area contributed by atoms with Gasteiger partial charge in [-0.3, -0.25) is 0 Å². The number of aliphatic hydroxyl groups is 2. The maximum Gasteiger partial charge on any atom is 0.0664 e. The van der Waals surface area contributed by atoms with Crippen molar-refractivity contribution in [2.75, 3.05) is 39.3 Å². The van der Waals surface area contributed by atoms with Crippen LogP contribution in [0.15, 0.2) is 0 Å². The molecule has 0 heterocycles. The van der Waals surface area contributed by atoms with Crippen LogP contribution < -0.4 is 16.0 Å². The second-order valence-corrected chi connectivity index (χ2v) is 8.91. The molecule has 30 heavy (non-hydrogen) atoms. The summed E-state index contributed by atoms with van der Waals surface area (Å²) in [6.45, 7) is 9.63. The Morgan fingerprint density at radius 2 is 0.967 bits per heavy atom. The third-order valence-electron chi connectivity index (χ3n) is 5.81. The van der Waals surface area contributed by atoms with Crippen molar-refractivity contribution < 1.29 is 10.2 Å². The van der Waals surface area contributed by atoms with Crippen molar-refractivity contribution in [3.05, 3.63) is 0 Å². The summed E-state index contributed by atoms with van der Waals surface area (Å²) in [4.78, 5) is 0. The average Bonchev–Trinajstić information content (AvgIpc) is 2.75. The first kappa shape index (κ1) is 29.8. The molecule has 0 aromatic heterocycles. The number of aliphatic hydroxyl groups excluding tert-OH is 2. The van der Waals surface area contributed by atoms with E-state index in [2.05, 4.69) is 22.9 Å².